The van der Waals surface area contributed by atoms with E-state index in [1.165, 1.54) is 0 Å². The second-order valence-corrected chi connectivity index (χ2v) is 4.61. The molecule has 2 aliphatic rings. The van der Waals surface area contributed by atoms with Crippen molar-refractivity contribution in [2.75, 3.05) is 6.61 Å². The lowest BCUT2D eigenvalue weighted by atomic mass is 10.0. The second kappa shape index (κ2) is 5.67. The van der Waals surface area contributed by atoms with E-state index in [2.05, 4.69) is 11.8 Å². The average Bonchev–Trinajstić information content (AvgIpc) is 2.47. The molecule has 0 radical (unpaired) electrons. The quantitative estimate of drug-likeness (QED) is 0.634. The Balaban J connectivity index is 1.95. The number of hydrogen-bond acceptors (Lipinski definition) is 3. The van der Waals surface area contributed by atoms with Crippen molar-refractivity contribution in [3.05, 3.63) is 0 Å². The molecular formula is C13H20O3. The summed E-state index contributed by atoms with van der Waals surface area (Å²) in [5.74, 6) is 5.79. The van der Waals surface area contributed by atoms with E-state index in [-0.39, 0.29) is 18.3 Å². The van der Waals surface area contributed by atoms with Crippen LogP contribution < -0.4 is 0 Å². The largest absolute Gasteiger partial charge is 0.381 e. The summed E-state index contributed by atoms with van der Waals surface area (Å²) < 4.78 is 11.7. The van der Waals surface area contributed by atoms with E-state index in [9.17, 15) is 0 Å². The first-order valence-electron chi connectivity index (χ1n) is 6.22. The van der Waals surface area contributed by atoms with E-state index < -0.39 is 6.10 Å². The van der Waals surface area contributed by atoms with Gasteiger partial charge in [0.05, 0.1) is 12.2 Å². The number of aliphatic hydroxyl groups excluding tert-OH is 1. The van der Waals surface area contributed by atoms with Gasteiger partial charge in [-0.2, -0.15) is 0 Å². The summed E-state index contributed by atoms with van der Waals surface area (Å²) in [5, 5.41) is 9.13. The van der Waals surface area contributed by atoms with Crippen molar-refractivity contribution in [3.63, 3.8) is 0 Å². The minimum absolute atomic E-state index is 0.0219. The first-order valence-corrected chi connectivity index (χ1v) is 6.22. The fourth-order valence-corrected chi connectivity index (χ4v) is 2.34. The van der Waals surface area contributed by atoms with Crippen molar-refractivity contribution in [1.29, 1.82) is 0 Å². The molecule has 2 rings (SSSR count). The van der Waals surface area contributed by atoms with Crippen LogP contribution in [0, 0.1) is 11.8 Å². The minimum atomic E-state index is -0.565. The van der Waals surface area contributed by atoms with Crippen molar-refractivity contribution in [1.82, 2.24) is 0 Å². The van der Waals surface area contributed by atoms with Crippen molar-refractivity contribution in [2.45, 2.75) is 63.4 Å². The minimum Gasteiger partial charge on any atom is -0.381 e. The zero-order valence-corrected chi connectivity index (χ0v) is 9.82. The summed E-state index contributed by atoms with van der Waals surface area (Å²) >= 11 is 0. The van der Waals surface area contributed by atoms with Gasteiger partial charge in [0.2, 0.25) is 0 Å². The van der Waals surface area contributed by atoms with Crippen molar-refractivity contribution in [2.24, 2.45) is 0 Å². The predicted octanol–water partition coefficient (Wildman–Crippen LogP) is 1.49. The fraction of sp³-hybridized carbons (Fsp3) is 0.846. The van der Waals surface area contributed by atoms with Gasteiger partial charge in [-0.15, -0.1) is 0 Å². The third kappa shape index (κ3) is 3.21. The number of fused-ring (bicyclic) bond motifs is 1. The van der Waals surface area contributed by atoms with Gasteiger partial charge in [-0.05, 0) is 39.0 Å². The maximum atomic E-state index is 9.13. The molecular weight excluding hydrogens is 204 g/mol. The summed E-state index contributed by atoms with van der Waals surface area (Å²) in [6.07, 6.45) is 5.19. The Morgan fingerprint density at radius 2 is 2.00 bits per heavy atom. The fourth-order valence-electron chi connectivity index (χ4n) is 2.34. The van der Waals surface area contributed by atoms with Gasteiger partial charge in [0, 0.05) is 6.61 Å². The van der Waals surface area contributed by atoms with E-state index in [0.29, 0.717) is 0 Å². The van der Waals surface area contributed by atoms with Crippen molar-refractivity contribution in [3.8, 4) is 11.8 Å². The standard InChI is InChI=1S/C13H20O3/c1-10(14)7-8-11-4-2-5-12-13(16-11)6-3-9-15-12/h10-14H,2-6,9H2,1H3/t10?,11-,12+,13-/m0/s1. The summed E-state index contributed by atoms with van der Waals surface area (Å²) in [7, 11) is 0. The van der Waals surface area contributed by atoms with Crippen LogP contribution in [0.4, 0.5) is 0 Å². The zero-order chi connectivity index (χ0) is 11.4. The Morgan fingerprint density at radius 1 is 1.19 bits per heavy atom. The normalized spacial score (nSPS) is 36.5. The van der Waals surface area contributed by atoms with E-state index in [1.54, 1.807) is 6.92 Å². The number of hydrogen-bond donors (Lipinski definition) is 1. The van der Waals surface area contributed by atoms with Gasteiger partial charge in [-0.3, -0.25) is 0 Å². The molecule has 0 aromatic rings. The molecule has 0 aliphatic carbocycles. The molecule has 1 N–H and O–H groups in total. The molecule has 90 valence electrons. The highest BCUT2D eigenvalue weighted by atomic mass is 16.5. The maximum Gasteiger partial charge on any atom is 0.118 e. The Hall–Kier alpha value is -0.560. The van der Waals surface area contributed by atoms with Gasteiger partial charge in [-0.1, -0.05) is 11.8 Å². The molecule has 2 saturated heterocycles. The van der Waals surface area contributed by atoms with Crippen LogP contribution in [0.3, 0.4) is 0 Å². The van der Waals surface area contributed by atoms with Gasteiger partial charge in [0.15, 0.2) is 0 Å². The molecule has 2 fully saturated rings. The van der Waals surface area contributed by atoms with E-state index >= 15 is 0 Å². The first-order chi connectivity index (χ1) is 7.75. The zero-order valence-electron chi connectivity index (χ0n) is 9.82. The molecule has 0 aromatic heterocycles. The average molecular weight is 224 g/mol. The molecule has 0 saturated carbocycles. The first kappa shape index (κ1) is 11.9. The van der Waals surface area contributed by atoms with Crippen LogP contribution in [0.15, 0.2) is 0 Å². The lowest BCUT2D eigenvalue weighted by molar-refractivity contribution is -0.108. The molecule has 4 atom stereocenters. The van der Waals surface area contributed by atoms with Crippen LogP contribution in [0.1, 0.15) is 39.0 Å². The van der Waals surface area contributed by atoms with Gasteiger partial charge in [-0.25, -0.2) is 0 Å². The van der Waals surface area contributed by atoms with Crippen molar-refractivity contribution < 1.29 is 14.6 Å². The topological polar surface area (TPSA) is 38.7 Å². The third-order valence-corrected chi connectivity index (χ3v) is 3.13. The molecule has 1 unspecified atom stereocenters. The maximum absolute atomic E-state index is 9.13. The Morgan fingerprint density at radius 3 is 2.81 bits per heavy atom. The van der Waals surface area contributed by atoms with Gasteiger partial charge >= 0.3 is 0 Å². The number of ether oxygens (including phenoxy) is 2. The van der Waals surface area contributed by atoms with Crippen LogP contribution >= 0.6 is 0 Å². The molecule has 0 spiro atoms. The molecule has 2 heterocycles. The van der Waals surface area contributed by atoms with Crippen molar-refractivity contribution >= 4 is 0 Å². The smallest absolute Gasteiger partial charge is 0.118 e. The van der Waals surface area contributed by atoms with Gasteiger partial charge < -0.3 is 14.6 Å². The van der Waals surface area contributed by atoms with Crippen LogP contribution in [0.25, 0.3) is 0 Å². The molecule has 3 heteroatoms. The molecule has 16 heavy (non-hydrogen) atoms. The highest BCUT2D eigenvalue weighted by Gasteiger charge is 2.31. The number of rotatable bonds is 0. The lowest BCUT2D eigenvalue weighted by Crippen LogP contribution is -2.36. The Labute approximate surface area is 97.1 Å². The molecule has 3 nitrogen and oxygen atoms in total. The molecule has 2 aliphatic heterocycles. The van der Waals surface area contributed by atoms with E-state index in [0.717, 1.165) is 38.7 Å². The summed E-state index contributed by atoms with van der Waals surface area (Å²) in [5.41, 5.74) is 0. The van der Waals surface area contributed by atoms with E-state index in [4.69, 9.17) is 14.6 Å². The predicted molar refractivity (Wildman–Crippen MR) is 60.9 cm³/mol. The molecule has 0 bridgehead atoms. The van der Waals surface area contributed by atoms with Crippen LogP contribution in [-0.2, 0) is 9.47 Å². The third-order valence-electron chi connectivity index (χ3n) is 3.13. The highest BCUT2D eigenvalue weighted by Crippen LogP contribution is 2.27. The van der Waals surface area contributed by atoms with Crippen LogP contribution in [0.2, 0.25) is 0 Å². The molecule has 0 aromatic carbocycles. The van der Waals surface area contributed by atoms with Gasteiger partial charge in [0.25, 0.3) is 0 Å². The van der Waals surface area contributed by atoms with E-state index in [1.807, 2.05) is 0 Å². The van der Waals surface area contributed by atoms with Crippen LogP contribution in [0.5, 0.6) is 0 Å². The summed E-state index contributed by atoms with van der Waals surface area (Å²) in [6, 6.07) is 0. The van der Waals surface area contributed by atoms with Gasteiger partial charge in [0.1, 0.15) is 12.2 Å². The summed E-state index contributed by atoms with van der Waals surface area (Å²) in [4.78, 5) is 0. The SMILES string of the molecule is CC(O)C#C[C@@H]1CCC[C@H]2OCCC[C@@H]2O1. The van der Waals surface area contributed by atoms with Crippen LogP contribution in [-0.4, -0.2) is 36.1 Å². The monoisotopic (exact) mass is 224 g/mol. The Kier molecular flexibility index (Phi) is 4.22. The number of aliphatic hydroxyl groups is 1. The summed E-state index contributed by atoms with van der Waals surface area (Å²) in [6.45, 7) is 2.55. The molecule has 0 amide bonds. The Bertz CT molecular complexity index is 277. The lowest BCUT2D eigenvalue weighted by Gasteiger charge is -2.30. The highest BCUT2D eigenvalue weighted by molar-refractivity contribution is 5.09. The second-order valence-electron chi connectivity index (χ2n) is 4.61.